The highest BCUT2D eigenvalue weighted by Crippen LogP contribution is 2.38. The molecule has 0 saturated heterocycles. The van der Waals surface area contributed by atoms with Crippen molar-refractivity contribution in [3.63, 3.8) is 0 Å². The second kappa shape index (κ2) is 11.7. The summed E-state index contributed by atoms with van der Waals surface area (Å²) >= 11 is 1.29. The molecule has 1 amide bonds. The lowest BCUT2D eigenvalue weighted by Crippen LogP contribution is -2.28. The number of rotatable bonds is 8. The summed E-state index contributed by atoms with van der Waals surface area (Å²) in [5, 5.41) is 12.8. The first-order valence-corrected chi connectivity index (χ1v) is 15.2. The van der Waals surface area contributed by atoms with Crippen LogP contribution in [-0.2, 0) is 27.7 Å². The number of nitrogens with zero attached hydrogens (tertiary/aromatic N) is 4. The van der Waals surface area contributed by atoms with Crippen molar-refractivity contribution in [2.75, 3.05) is 10.0 Å². The van der Waals surface area contributed by atoms with Gasteiger partial charge in [0.15, 0.2) is 0 Å². The molecule has 1 aromatic carbocycles. The minimum absolute atomic E-state index is 0.0139. The molecule has 204 valence electrons. The van der Waals surface area contributed by atoms with Crippen LogP contribution in [0.4, 0.5) is 11.6 Å². The van der Waals surface area contributed by atoms with Crippen molar-refractivity contribution >= 4 is 39.3 Å². The van der Waals surface area contributed by atoms with Crippen LogP contribution in [0.15, 0.2) is 58.7 Å². The fourth-order valence-corrected chi connectivity index (χ4v) is 6.44. The molecule has 3 aromatic rings. The van der Waals surface area contributed by atoms with E-state index in [2.05, 4.69) is 46.8 Å². The topological polar surface area (TPSA) is 138 Å². The van der Waals surface area contributed by atoms with Gasteiger partial charge in [-0.25, -0.2) is 28.1 Å². The lowest BCUT2D eigenvalue weighted by atomic mass is 9.71. The molecule has 4 rings (SSSR count). The maximum absolute atomic E-state index is 13.1. The fourth-order valence-electron chi connectivity index (χ4n) is 4.48. The largest absolute Gasteiger partial charge is 0.325 e. The molecule has 0 radical (unpaired) electrons. The highest BCUT2D eigenvalue weighted by Gasteiger charge is 2.31. The van der Waals surface area contributed by atoms with Gasteiger partial charge in [-0.2, -0.15) is 5.26 Å². The number of nitrogens with one attached hydrogen (secondary N) is 2. The number of amides is 1. The summed E-state index contributed by atoms with van der Waals surface area (Å²) < 4.78 is 27.5. The molecule has 0 fully saturated rings. The lowest BCUT2D eigenvalue weighted by molar-refractivity contribution is -0.115. The number of sulfonamides is 1. The third-order valence-electron chi connectivity index (χ3n) is 6.84. The molecule has 0 saturated carbocycles. The minimum atomic E-state index is -3.88. The Kier molecular flexibility index (Phi) is 8.57. The molecule has 0 bridgehead atoms. The van der Waals surface area contributed by atoms with Crippen LogP contribution >= 0.6 is 11.8 Å². The van der Waals surface area contributed by atoms with Crippen molar-refractivity contribution in [1.82, 2.24) is 15.0 Å². The number of anilines is 2. The first-order chi connectivity index (χ1) is 18.5. The van der Waals surface area contributed by atoms with Gasteiger partial charge in [-0.1, -0.05) is 39.5 Å². The van der Waals surface area contributed by atoms with E-state index in [4.69, 9.17) is 4.98 Å². The fraction of sp³-hybridized carbons (Fsp3) is 0.393. The van der Waals surface area contributed by atoms with E-state index in [0.717, 1.165) is 30.5 Å². The summed E-state index contributed by atoms with van der Waals surface area (Å²) in [7, 11) is -3.88. The molecule has 0 aliphatic heterocycles. The van der Waals surface area contributed by atoms with Gasteiger partial charge in [0, 0.05) is 23.8 Å². The van der Waals surface area contributed by atoms with Gasteiger partial charge in [0.25, 0.3) is 10.0 Å². The van der Waals surface area contributed by atoms with Crippen molar-refractivity contribution in [2.45, 2.75) is 68.5 Å². The predicted octanol–water partition coefficient (Wildman–Crippen LogP) is 5.20. The molecule has 1 aliphatic rings. The number of nitriles is 1. The Morgan fingerprint density at radius 2 is 1.90 bits per heavy atom. The van der Waals surface area contributed by atoms with Crippen LogP contribution in [0.2, 0.25) is 0 Å². The Balaban J connectivity index is 1.45. The summed E-state index contributed by atoms with van der Waals surface area (Å²) in [6, 6.07) is 11.7. The second-order valence-electron chi connectivity index (χ2n) is 10.6. The monoisotopic (exact) mass is 564 g/mol. The molecule has 2 unspecified atom stereocenters. The van der Waals surface area contributed by atoms with Crippen molar-refractivity contribution in [1.29, 1.82) is 5.26 Å². The standard InChI is InChI=1S/C28H32N6O3S2/c1-5-24(38-26-19(17-29)15-18-16-20(28(2,3)4)7-12-23(18)33-26)25(35)32-21-8-10-22(11-9-21)39(36,37)34-27-30-13-6-14-31-27/h6,8-11,13-15,20,24H,5,7,12,16H2,1-4H3,(H,32,35)(H,30,31,34). The van der Waals surface area contributed by atoms with Crippen LogP contribution in [0.5, 0.6) is 0 Å². The van der Waals surface area contributed by atoms with Crippen molar-refractivity contribution < 1.29 is 13.2 Å². The van der Waals surface area contributed by atoms with Crippen molar-refractivity contribution in [3.8, 4) is 6.07 Å². The normalized spacial score (nSPS) is 16.0. The lowest BCUT2D eigenvalue weighted by Gasteiger charge is -2.34. The maximum atomic E-state index is 13.1. The minimum Gasteiger partial charge on any atom is -0.325 e. The Labute approximate surface area is 233 Å². The highest BCUT2D eigenvalue weighted by atomic mass is 32.2. The Morgan fingerprint density at radius 1 is 1.21 bits per heavy atom. The number of hydrogen-bond donors (Lipinski definition) is 2. The number of benzene rings is 1. The van der Waals surface area contributed by atoms with E-state index in [1.807, 2.05) is 13.0 Å². The Morgan fingerprint density at radius 3 is 2.51 bits per heavy atom. The van der Waals surface area contributed by atoms with E-state index in [0.29, 0.717) is 28.6 Å². The molecular formula is C28H32N6O3S2. The van der Waals surface area contributed by atoms with Gasteiger partial charge >= 0.3 is 0 Å². The van der Waals surface area contributed by atoms with Gasteiger partial charge in [-0.05, 0) is 79.0 Å². The number of carbonyl (C=O) groups is 1. The number of fused-ring (bicyclic) bond motifs is 1. The molecule has 11 heteroatoms. The molecule has 1 aliphatic carbocycles. The Bertz CT molecular complexity index is 1480. The van der Waals surface area contributed by atoms with E-state index in [9.17, 15) is 18.5 Å². The first-order valence-electron chi connectivity index (χ1n) is 12.8. The molecule has 2 aromatic heterocycles. The van der Waals surface area contributed by atoms with Crippen LogP contribution in [0.1, 0.15) is 57.4 Å². The van der Waals surface area contributed by atoms with Crippen molar-refractivity contribution in [3.05, 3.63) is 65.6 Å². The average Bonchev–Trinajstić information content (AvgIpc) is 2.91. The summed E-state index contributed by atoms with van der Waals surface area (Å²) in [6.45, 7) is 8.65. The molecule has 2 N–H and O–H groups in total. The molecule has 39 heavy (non-hydrogen) atoms. The van der Waals surface area contributed by atoms with Crippen LogP contribution in [0, 0.1) is 22.7 Å². The zero-order chi connectivity index (χ0) is 28.2. The van der Waals surface area contributed by atoms with Crippen LogP contribution in [0.3, 0.4) is 0 Å². The number of hydrogen-bond acceptors (Lipinski definition) is 8. The molecule has 2 heterocycles. The summed E-state index contributed by atoms with van der Waals surface area (Å²) in [5.74, 6) is 0.263. The number of aromatic nitrogens is 3. The first kappa shape index (κ1) is 28.5. The number of carbonyl (C=O) groups excluding carboxylic acids is 1. The number of aryl methyl sites for hydroxylation is 1. The van der Waals surface area contributed by atoms with E-state index in [1.54, 1.807) is 6.07 Å². The van der Waals surface area contributed by atoms with E-state index in [1.165, 1.54) is 48.4 Å². The Hall–Kier alpha value is -3.49. The average molecular weight is 565 g/mol. The zero-order valence-electron chi connectivity index (χ0n) is 22.4. The van der Waals surface area contributed by atoms with Crippen LogP contribution in [0.25, 0.3) is 0 Å². The quantitative estimate of drug-likeness (QED) is 0.356. The third-order valence-corrected chi connectivity index (χ3v) is 9.55. The molecule has 2 atom stereocenters. The van der Waals surface area contributed by atoms with Crippen molar-refractivity contribution in [2.24, 2.45) is 11.3 Å². The maximum Gasteiger partial charge on any atom is 0.264 e. The van der Waals surface area contributed by atoms with Gasteiger partial charge in [-0.15, -0.1) is 0 Å². The van der Waals surface area contributed by atoms with Gasteiger partial charge < -0.3 is 5.32 Å². The molecule has 9 nitrogen and oxygen atoms in total. The molecule has 0 spiro atoms. The molecular weight excluding hydrogens is 532 g/mol. The second-order valence-corrected chi connectivity index (χ2v) is 13.4. The van der Waals surface area contributed by atoms with Gasteiger partial charge in [0.05, 0.1) is 15.7 Å². The zero-order valence-corrected chi connectivity index (χ0v) is 24.1. The summed E-state index contributed by atoms with van der Waals surface area (Å²) in [4.78, 5) is 25.7. The smallest absolute Gasteiger partial charge is 0.264 e. The van der Waals surface area contributed by atoms with Crippen LogP contribution < -0.4 is 10.0 Å². The van der Waals surface area contributed by atoms with E-state index >= 15 is 0 Å². The van der Waals surface area contributed by atoms with E-state index < -0.39 is 15.3 Å². The van der Waals surface area contributed by atoms with Gasteiger partial charge in [-0.3, -0.25) is 4.79 Å². The SMILES string of the molecule is CCC(Sc1nc2c(cc1C#N)CC(C(C)(C)C)CC2)C(=O)Nc1ccc(S(=O)(=O)Nc2ncccn2)cc1. The number of thioether (sulfide) groups is 1. The summed E-state index contributed by atoms with van der Waals surface area (Å²) in [6.07, 6.45) is 6.22. The highest BCUT2D eigenvalue weighted by molar-refractivity contribution is 8.00. The van der Waals surface area contributed by atoms with E-state index in [-0.39, 0.29) is 22.2 Å². The third kappa shape index (κ3) is 6.94. The summed E-state index contributed by atoms with van der Waals surface area (Å²) in [5.41, 5.74) is 3.28. The van der Waals surface area contributed by atoms with Gasteiger partial charge in [0.2, 0.25) is 11.9 Å². The predicted molar refractivity (Wildman–Crippen MR) is 152 cm³/mol. The van der Waals surface area contributed by atoms with Gasteiger partial charge in [0.1, 0.15) is 11.1 Å². The number of pyridine rings is 1. The van der Waals surface area contributed by atoms with Crippen LogP contribution in [-0.4, -0.2) is 34.5 Å².